The molecule has 2 N–H and O–H groups in total. The summed E-state index contributed by atoms with van der Waals surface area (Å²) < 4.78 is 29.4. The molecule has 2 aromatic heterocycles. The number of benzene rings is 2. The summed E-state index contributed by atoms with van der Waals surface area (Å²) in [5.74, 6) is 0.500. The lowest BCUT2D eigenvalue weighted by Gasteiger charge is -2.34. The van der Waals surface area contributed by atoms with Crippen LogP contribution < -0.4 is 14.9 Å². The van der Waals surface area contributed by atoms with Crippen molar-refractivity contribution in [3.8, 4) is 5.69 Å². The number of hydrogen-bond donors (Lipinski definition) is 2. The molecule has 9 nitrogen and oxygen atoms in total. The predicted molar refractivity (Wildman–Crippen MR) is 144 cm³/mol. The van der Waals surface area contributed by atoms with Crippen molar-refractivity contribution in [2.75, 3.05) is 48.2 Å². The maximum Gasteiger partial charge on any atom is 0.235 e. The number of aromatic nitrogens is 3. The van der Waals surface area contributed by atoms with Gasteiger partial charge in [0.05, 0.1) is 10.9 Å². The number of anilines is 4. The smallest absolute Gasteiger partial charge is 0.235 e. The third-order valence-electron chi connectivity index (χ3n) is 6.77. The van der Waals surface area contributed by atoms with Gasteiger partial charge in [-0.3, -0.25) is 4.72 Å². The van der Waals surface area contributed by atoms with Crippen LogP contribution >= 0.6 is 0 Å². The van der Waals surface area contributed by atoms with Gasteiger partial charge in [-0.1, -0.05) is 6.07 Å². The molecule has 0 bridgehead atoms. The van der Waals surface area contributed by atoms with Gasteiger partial charge in [0.25, 0.3) is 0 Å². The Kier molecular flexibility index (Phi) is 5.77. The van der Waals surface area contributed by atoms with Crippen molar-refractivity contribution in [2.24, 2.45) is 0 Å². The number of rotatable bonds is 7. The second-order valence-electron chi connectivity index (χ2n) is 9.52. The molecule has 1 saturated heterocycles. The molecule has 6 rings (SSSR count). The highest BCUT2D eigenvalue weighted by molar-refractivity contribution is 7.93. The van der Waals surface area contributed by atoms with E-state index in [0.717, 1.165) is 61.4 Å². The SMILES string of the molecule is CN1CCN(c2ccc(Nc3ncc4ccn(-c5cccc(NS(=O)(=O)C6CC6)c5)c4n3)cc2)CC1. The van der Waals surface area contributed by atoms with Crippen LogP contribution in [-0.2, 0) is 10.0 Å². The summed E-state index contributed by atoms with van der Waals surface area (Å²) in [6.07, 6.45) is 5.16. The van der Waals surface area contributed by atoms with Crippen LogP contribution in [0.3, 0.4) is 0 Å². The molecule has 0 unspecified atom stereocenters. The Balaban J connectivity index is 1.22. The molecular weight excluding hydrogens is 474 g/mol. The van der Waals surface area contributed by atoms with E-state index in [2.05, 4.69) is 56.1 Å². The van der Waals surface area contributed by atoms with Crippen molar-refractivity contribution in [1.29, 1.82) is 0 Å². The highest BCUT2D eigenvalue weighted by atomic mass is 32.2. The lowest BCUT2D eigenvalue weighted by atomic mass is 10.2. The van der Waals surface area contributed by atoms with E-state index < -0.39 is 10.0 Å². The van der Waals surface area contributed by atoms with E-state index in [1.165, 1.54) is 5.69 Å². The average Bonchev–Trinajstić information content (AvgIpc) is 3.66. The van der Waals surface area contributed by atoms with Crippen LogP contribution in [-0.4, -0.2) is 66.3 Å². The number of sulfonamides is 1. The van der Waals surface area contributed by atoms with Crippen LogP contribution in [0.4, 0.5) is 23.0 Å². The van der Waals surface area contributed by atoms with Crippen LogP contribution in [0.25, 0.3) is 16.7 Å². The van der Waals surface area contributed by atoms with Gasteiger partial charge in [0.2, 0.25) is 16.0 Å². The second kappa shape index (κ2) is 9.11. The number of hydrogen-bond acceptors (Lipinski definition) is 7. The zero-order valence-corrected chi connectivity index (χ0v) is 20.9. The summed E-state index contributed by atoms with van der Waals surface area (Å²) in [5.41, 5.74) is 4.25. The normalized spacial score (nSPS) is 16.9. The van der Waals surface area contributed by atoms with Crippen molar-refractivity contribution in [2.45, 2.75) is 18.1 Å². The van der Waals surface area contributed by atoms with Crippen molar-refractivity contribution in [3.63, 3.8) is 0 Å². The Morgan fingerprint density at radius 1 is 0.917 bits per heavy atom. The summed E-state index contributed by atoms with van der Waals surface area (Å²) in [4.78, 5) is 14.0. The number of nitrogens with zero attached hydrogens (tertiary/aromatic N) is 5. The lowest BCUT2D eigenvalue weighted by molar-refractivity contribution is 0.313. The Bertz CT molecular complexity index is 1490. The Hall–Kier alpha value is -3.63. The minimum atomic E-state index is -3.32. The summed E-state index contributed by atoms with van der Waals surface area (Å²) >= 11 is 0. The van der Waals surface area contributed by atoms with Crippen molar-refractivity contribution >= 4 is 44.1 Å². The van der Waals surface area contributed by atoms with Crippen molar-refractivity contribution < 1.29 is 8.42 Å². The highest BCUT2D eigenvalue weighted by Crippen LogP contribution is 2.30. The molecule has 10 heteroatoms. The van der Waals surface area contributed by atoms with Gasteiger partial charge < -0.3 is 19.7 Å². The maximum atomic E-state index is 12.4. The van der Waals surface area contributed by atoms with Crippen LogP contribution in [0.1, 0.15) is 12.8 Å². The van der Waals surface area contributed by atoms with Gasteiger partial charge in [0.1, 0.15) is 5.65 Å². The Labute approximate surface area is 210 Å². The molecule has 0 amide bonds. The lowest BCUT2D eigenvalue weighted by Crippen LogP contribution is -2.44. The van der Waals surface area contributed by atoms with Crippen LogP contribution in [0, 0.1) is 0 Å². The van der Waals surface area contributed by atoms with Gasteiger partial charge in [-0.15, -0.1) is 0 Å². The van der Waals surface area contributed by atoms with E-state index in [-0.39, 0.29) is 5.25 Å². The zero-order chi connectivity index (χ0) is 24.7. The summed E-state index contributed by atoms with van der Waals surface area (Å²) in [6.45, 7) is 4.21. The van der Waals surface area contributed by atoms with Crippen LogP contribution in [0.15, 0.2) is 67.0 Å². The van der Waals surface area contributed by atoms with E-state index in [1.54, 1.807) is 12.3 Å². The third-order valence-corrected chi connectivity index (χ3v) is 8.64. The van der Waals surface area contributed by atoms with Crippen LogP contribution in [0.5, 0.6) is 0 Å². The molecule has 2 fully saturated rings. The van der Waals surface area contributed by atoms with Gasteiger partial charge in [0.15, 0.2) is 0 Å². The van der Waals surface area contributed by atoms with E-state index in [9.17, 15) is 8.42 Å². The molecule has 4 aromatic rings. The fraction of sp³-hybridized carbons (Fsp3) is 0.308. The molecule has 1 aliphatic carbocycles. The number of nitrogens with one attached hydrogen (secondary N) is 2. The zero-order valence-electron chi connectivity index (χ0n) is 20.1. The van der Waals surface area contributed by atoms with E-state index in [4.69, 9.17) is 4.98 Å². The molecule has 3 heterocycles. The highest BCUT2D eigenvalue weighted by Gasteiger charge is 2.35. The number of fused-ring (bicyclic) bond motifs is 1. The first-order valence-corrected chi connectivity index (χ1v) is 13.8. The van der Waals surface area contributed by atoms with Gasteiger partial charge in [-0.2, -0.15) is 4.98 Å². The van der Waals surface area contributed by atoms with Gasteiger partial charge in [-0.05, 0) is 68.4 Å². The van der Waals surface area contributed by atoms with E-state index in [1.807, 2.05) is 35.0 Å². The fourth-order valence-electron chi connectivity index (χ4n) is 4.48. The number of piperazine rings is 1. The summed E-state index contributed by atoms with van der Waals surface area (Å²) in [7, 11) is -1.16. The summed E-state index contributed by atoms with van der Waals surface area (Å²) in [6, 6.07) is 17.7. The first kappa shape index (κ1) is 22.8. The largest absolute Gasteiger partial charge is 0.369 e. The van der Waals surface area contributed by atoms with Gasteiger partial charge >= 0.3 is 0 Å². The van der Waals surface area contributed by atoms with Crippen molar-refractivity contribution in [1.82, 2.24) is 19.4 Å². The molecule has 36 heavy (non-hydrogen) atoms. The summed E-state index contributed by atoms with van der Waals surface area (Å²) in [5, 5.41) is 3.94. The molecule has 0 radical (unpaired) electrons. The topological polar surface area (TPSA) is 95.4 Å². The van der Waals surface area contributed by atoms with E-state index >= 15 is 0 Å². The Morgan fingerprint density at radius 3 is 2.44 bits per heavy atom. The quantitative estimate of drug-likeness (QED) is 0.396. The molecule has 2 aromatic carbocycles. The minimum absolute atomic E-state index is 0.273. The molecule has 1 saturated carbocycles. The third kappa shape index (κ3) is 4.74. The van der Waals surface area contributed by atoms with Gasteiger partial charge in [-0.25, -0.2) is 13.4 Å². The van der Waals surface area contributed by atoms with E-state index in [0.29, 0.717) is 11.6 Å². The van der Waals surface area contributed by atoms with Crippen molar-refractivity contribution in [3.05, 3.63) is 67.0 Å². The monoisotopic (exact) mass is 503 g/mol. The fourth-order valence-corrected chi connectivity index (χ4v) is 5.86. The Morgan fingerprint density at radius 2 is 1.69 bits per heavy atom. The molecule has 186 valence electrons. The number of likely N-dealkylation sites (N-methyl/N-ethyl adjacent to an activating group) is 1. The van der Waals surface area contributed by atoms with Gasteiger partial charge in [0, 0.05) is 61.0 Å². The second-order valence-corrected chi connectivity index (χ2v) is 11.5. The van der Waals surface area contributed by atoms with Crippen LogP contribution in [0.2, 0.25) is 0 Å². The first-order valence-electron chi connectivity index (χ1n) is 12.2. The molecular formula is C26H29N7O2S. The minimum Gasteiger partial charge on any atom is -0.369 e. The molecule has 0 atom stereocenters. The molecule has 0 spiro atoms. The standard InChI is InChI=1S/C26H29N7O2S/c1-31-13-15-32(16-14-31)22-7-5-20(6-8-22)28-26-27-18-19-11-12-33(25(19)29-26)23-4-2-3-21(17-23)30-36(34,35)24-9-10-24/h2-8,11-12,17-18,24,30H,9-10,13-16H2,1H3,(H,27,28,29). The maximum absolute atomic E-state index is 12.4. The first-order chi connectivity index (χ1) is 17.4. The molecule has 1 aliphatic heterocycles. The average molecular weight is 504 g/mol. The predicted octanol–water partition coefficient (Wildman–Crippen LogP) is 3.82. The molecule has 2 aliphatic rings.